The number of aromatic nitrogens is 3. The second-order valence-corrected chi connectivity index (χ2v) is 10.5. The average molecular weight is 629 g/mol. The van der Waals surface area contributed by atoms with Crippen molar-refractivity contribution in [1.29, 1.82) is 0 Å². The normalized spacial score (nSPS) is 13.2. The average Bonchev–Trinajstić information content (AvgIpc) is 3.48. The fraction of sp³-hybridized carbons (Fsp3) is 0.194. The van der Waals surface area contributed by atoms with E-state index < -0.39 is 40.8 Å². The molecule has 7 nitrogen and oxygen atoms in total. The molecule has 1 amide bonds. The summed E-state index contributed by atoms with van der Waals surface area (Å²) in [6.07, 6.45) is -1.03. The molecule has 0 atom stereocenters. The number of halogens is 6. The third-order valence-electron chi connectivity index (χ3n) is 7.56. The van der Waals surface area contributed by atoms with Crippen molar-refractivity contribution in [2.45, 2.75) is 19.6 Å². The fourth-order valence-corrected chi connectivity index (χ4v) is 5.59. The zero-order chi connectivity index (χ0) is 31.5. The maximum Gasteiger partial charge on any atom is 0.417 e. The minimum atomic E-state index is -4.76. The van der Waals surface area contributed by atoms with Crippen LogP contribution in [0.2, 0.25) is 0 Å². The Bertz CT molecular complexity index is 2020. The summed E-state index contributed by atoms with van der Waals surface area (Å²) < 4.78 is 82.7. The van der Waals surface area contributed by atoms with E-state index in [9.17, 15) is 31.5 Å². The van der Waals surface area contributed by atoms with E-state index in [1.807, 2.05) is 0 Å². The molecule has 1 aliphatic heterocycles. The Morgan fingerprint density at radius 3 is 2.57 bits per heavy atom. The van der Waals surface area contributed by atoms with E-state index in [4.69, 9.17) is 16.3 Å². The lowest BCUT2D eigenvalue weighted by Gasteiger charge is -2.22. The number of para-hydroxylation sites is 1. The monoisotopic (exact) mass is 628 g/mol. The van der Waals surface area contributed by atoms with E-state index in [2.05, 4.69) is 10.3 Å². The molecule has 0 saturated carbocycles. The quantitative estimate of drug-likeness (QED) is 0.0970. The number of fused-ring (bicyclic) bond motifs is 4. The Labute approximate surface area is 251 Å². The van der Waals surface area contributed by atoms with Gasteiger partial charge in [0, 0.05) is 52.8 Å². The van der Waals surface area contributed by atoms with E-state index in [0.717, 1.165) is 24.3 Å². The summed E-state index contributed by atoms with van der Waals surface area (Å²) in [4.78, 5) is 30.1. The smallest absolute Gasteiger partial charge is 0.417 e. The number of anilines is 1. The first-order valence-electron chi connectivity index (χ1n) is 13.3. The van der Waals surface area contributed by atoms with Gasteiger partial charge in [0.1, 0.15) is 35.3 Å². The number of nitrogens with zero attached hydrogens (tertiary/aromatic N) is 3. The van der Waals surface area contributed by atoms with Crippen LogP contribution in [-0.4, -0.2) is 38.3 Å². The molecule has 3 heterocycles. The zero-order valence-electron chi connectivity index (χ0n) is 23.2. The summed E-state index contributed by atoms with van der Waals surface area (Å²) in [6.45, 7) is 1.80. The van der Waals surface area contributed by atoms with Gasteiger partial charge in [-0.15, -0.1) is 11.6 Å². The van der Waals surface area contributed by atoms with Gasteiger partial charge in [-0.05, 0) is 25.1 Å². The van der Waals surface area contributed by atoms with E-state index in [-0.39, 0.29) is 63.5 Å². The number of amides is 1. The van der Waals surface area contributed by atoms with E-state index >= 15 is 0 Å². The second-order valence-electron chi connectivity index (χ2n) is 10.2. The van der Waals surface area contributed by atoms with Crippen molar-refractivity contribution in [1.82, 2.24) is 14.1 Å². The van der Waals surface area contributed by atoms with Crippen molar-refractivity contribution in [2.24, 2.45) is 7.05 Å². The first kappa shape index (κ1) is 29.4. The summed E-state index contributed by atoms with van der Waals surface area (Å²) in [5, 5.41) is 2.36. The molecule has 3 aromatic carbocycles. The summed E-state index contributed by atoms with van der Waals surface area (Å²) >= 11 is 5.48. The van der Waals surface area contributed by atoms with Crippen LogP contribution in [0, 0.1) is 18.6 Å². The molecule has 1 N–H and O–H groups in total. The van der Waals surface area contributed by atoms with Gasteiger partial charge in [-0.1, -0.05) is 24.3 Å². The van der Waals surface area contributed by atoms with Gasteiger partial charge >= 0.3 is 6.18 Å². The Kier molecular flexibility index (Phi) is 7.19. The molecule has 0 aliphatic carbocycles. The zero-order valence-corrected chi connectivity index (χ0v) is 23.9. The summed E-state index contributed by atoms with van der Waals surface area (Å²) in [6, 6.07) is 7.19. The highest BCUT2D eigenvalue weighted by Crippen LogP contribution is 2.49. The fourth-order valence-electron chi connectivity index (χ4n) is 5.50. The molecule has 0 spiro atoms. The highest BCUT2D eigenvalue weighted by atomic mass is 35.5. The highest BCUT2D eigenvalue weighted by Gasteiger charge is 2.39. The van der Waals surface area contributed by atoms with Crippen LogP contribution >= 0.6 is 11.6 Å². The molecule has 13 heteroatoms. The largest absolute Gasteiger partial charge is 0.489 e. The van der Waals surface area contributed by atoms with Crippen LogP contribution in [0.3, 0.4) is 0 Å². The van der Waals surface area contributed by atoms with Crippen molar-refractivity contribution in [2.75, 3.05) is 17.8 Å². The molecule has 0 fully saturated rings. The van der Waals surface area contributed by atoms with E-state index in [1.54, 1.807) is 29.2 Å². The minimum Gasteiger partial charge on any atom is -0.489 e. The molecule has 6 rings (SSSR count). The maximum atomic E-state index is 14.9. The van der Waals surface area contributed by atoms with Gasteiger partial charge in [-0.25, -0.2) is 13.8 Å². The lowest BCUT2D eigenvalue weighted by molar-refractivity contribution is -0.137. The topological polar surface area (TPSA) is 78.2 Å². The molecule has 44 heavy (non-hydrogen) atoms. The number of carbonyl (C=O) groups is 2. The number of rotatable bonds is 5. The molecule has 0 unspecified atom stereocenters. The number of alkyl halides is 4. The molecule has 0 saturated heterocycles. The summed E-state index contributed by atoms with van der Waals surface area (Å²) in [5.41, 5.74) is -1.20. The number of hydrogen-bond acceptors (Lipinski definition) is 4. The first-order valence-corrected chi connectivity index (χ1v) is 13.8. The lowest BCUT2D eigenvalue weighted by atomic mass is 9.93. The molecular formula is C31H22ClF5N4O3. The van der Waals surface area contributed by atoms with Gasteiger partial charge in [0.05, 0.1) is 23.1 Å². The molecule has 0 radical (unpaired) electrons. The highest BCUT2D eigenvalue weighted by molar-refractivity contribution is 6.19. The standard InChI is InChI=1S/C31H22ClF5N4O3/c1-15-38-27-23(40(15)2)13-20(31(35,36)37)25-18-6-3-5-17-19(14-41(28(17)18)9-10-44-30(25)27)29(43)16-11-21(33)26(22(34)12-16)39-24(42)7-4-8-32/h3-7,11-14H,8-10H2,1-2H3,(H,39,42)/b7-4+. The van der Waals surface area contributed by atoms with Gasteiger partial charge < -0.3 is 19.2 Å². The lowest BCUT2D eigenvalue weighted by Crippen LogP contribution is -2.15. The predicted molar refractivity (Wildman–Crippen MR) is 155 cm³/mol. The Morgan fingerprint density at radius 2 is 1.89 bits per heavy atom. The van der Waals surface area contributed by atoms with Crippen molar-refractivity contribution < 1.29 is 36.3 Å². The molecular weight excluding hydrogens is 607 g/mol. The number of ketones is 1. The number of ether oxygens (including phenoxy) is 1. The van der Waals surface area contributed by atoms with Crippen LogP contribution in [0.1, 0.15) is 27.3 Å². The van der Waals surface area contributed by atoms with Gasteiger partial charge in [0.25, 0.3) is 0 Å². The summed E-state index contributed by atoms with van der Waals surface area (Å²) in [5.74, 6) is -3.46. The predicted octanol–water partition coefficient (Wildman–Crippen LogP) is 7.16. The van der Waals surface area contributed by atoms with Crippen molar-refractivity contribution in [3.63, 3.8) is 0 Å². The number of nitrogens with one attached hydrogen (secondary N) is 1. The van der Waals surface area contributed by atoms with Gasteiger partial charge in [-0.3, -0.25) is 9.59 Å². The van der Waals surface area contributed by atoms with E-state index in [1.165, 1.54) is 24.4 Å². The number of hydrogen-bond donors (Lipinski definition) is 1. The van der Waals surface area contributed by atoms with Crippen LogP contribution in [0.4, 0.5) is 27.6 Å². The van der Waals surface area contributed by atoms with Crippen LogP contribution < -0.4 is 10.1 Å². The molecule has 5 aromatic rings. The van der Waals surface area contributed by atoms with Crippen LogP contribution in [0.15, 0.2) is 54.7 Å². The third kappa shape index (κ3) is 4.79. The van der Waals surface area contributed by atoms with Crippen molar-refractivity contribution in [3.05, 3.63) is 88.9 Å². The molecule has 1 aliphatic rings. The van der Waals surface area contributed by atoms with E-state index in [0.29, 0.717) is 11.3 Å². The Balaban J connectivity index is 1.52. The third-order valence-corrected chi connectivity index (χ3v) is 7.74. The Hall–Kier alpha value is -4.71. The first-order chi connectivity index (χ1) is 20.9. The summed E-state index contributed by atoms with van der Waals surface area (Å²) in [7, 11) is 1.62. The number of benzene rings is 3. The van der Waals surface area contributed by atoms with Crippen LogP contribution in [0.25, 0.3) is 33.1 Å². The number of allylic oxidation sites excluding steroid dienone is 1. The SMILES string of the molecule is Cc1nc2c3c(c(C(F)(F)F)cc2n1C)-c1cccc2c(C(=O)c4cc(F)c(NC(=O)/C=C/CCl)c(F)c4)cn(c12)CCO3. The van der Waals surface area contributed by atoms with Crippen LogP contribution in [0.5, 0.6) is 5.75 Å². The van der Waals surface area contributed by atoms with Crippen LogP contribution in [-0.2, 0) is 24.6 Å². The van der Waals surface area contributed by atoms with Crippen molar-refractivity contribution >= 4 is 50.9 Å². The van der Waals surface area contributed by atoms with Crippen molar-refractivity contribution in [3.8, 4) is 16.9 Å². The Morgan fingerprint density at radius 1 is 1.16 bits per heavy atom. The number of carbonyl (C=O) groups excluding carboxylic acids is 2. The number of aryl methyl sites for hydroxylation is 2. The molecule has 2 aromatic heterocycles. The second kappa shape index (κ2) is 10.8. The van der Waals surface area contributed by atoms with Gasteiger partial charge in [-0.2, -0.15) is 13.2 Å². The van der Waals surface area contributed by atoms with Gasteiger partial charge in [0.2, 0.25) is 5.91 Å². The minimum absolute atomic E-state index is 0.0174. The molecule has 0 bridgehead atoms. The maximum absolute atomic E-state index is 14.9. The number of imidazole rings is 1. The molecule has 226 valence electrons. The van der Waals surface area contributed by atoms with Gasteiger partial charge in [0.15, 0.2) is 11.5 Å².